The maximum absolute atomic E-state index is 10.6. The lowest BCUT2D eigenvalue weighted by atomic mass is 9.61. The van der Waals surface area contributed by atoms with E-state index < -0.39 is 0 Å². The third kappa shape index (κ3) is 3.45. The van der Waals surface area contributed by atoms with Gasteiger partial charge in [-0.1, -0.05) is 34.1 Å². The van der Waals surface area contributed by atoms with Crippen LogP contribution < -0.4 is 5.73 Å². The summed E-state index contributed by atoms with van der Waals surface area (Å²) in [6.07, 6.45) is 6.59. The third-order valence-corrected chi connectivity index (χ3v) is 4.92. The van der Waals surface area contributed by atoms with Gasteiger partial charge in [0.05, 0.1) is 6.10 Å². The van der Waals surface area contributed by atoms with Crippen molar-refractivity contribution in [3.8, 4) is 0 Å². The Labute approximate surface area is 107 Å². The van der Waals surface area contributed by atoms with Gasteiger partial charge in [-0.3, -0.25) is 0 Å². The first-order chi connectivity index (χ1) is 7.87. The van der Waals surface area contributed by atoms with Gasteiger partial charge in [-0.05, 0) is 43.4 Å². The Hall–Kier alpha value is -0.0800. The van der Waals surface area contributed by atoms with Gasteiger partial charge in [-0.2, -0.15) is 0 Å². The number of aliphatic hydroxyl groups excluding tert-OH is 1. The summed E-state index contributed by atoms with van der Waals surface area (Å²) in [6.45, 7) is 9.65. The largest absolute Gasteiger partial charge is 0.392 e. The fraction of sp³-hybridized carbons (Fsp3) is 1.00. The molecule has 0 aromatic rings. The number of hydrogen-bond donors (Lipinski definition) is 2. The van der Waals surface area contributed by atoms with Crippen molar-refractivity contribution in [3.05, 3.63) is 0 Å². The summed E-state index contributed by atoms with van der Waals surface area (Å²) in [5, 5.41) is 10.6. The molecule has 2 nitrogen and oxygen atoms in total. The summed E-state index contributed by atoms with van der Waals surface area (Å²) in [6, 6.07) is 0. The van der Waals surface area contributed by atoms with Crippen molar-refractivity contribution in [1.82, 2.24) is 0 Å². The molecule has 0 amide bonds. The van der Waals surface area contributed by atoms with E-state index in [1.807, 2.05) is 0 Å². The van der Waals surface area contributed by atoms with Crippen molar-refractivity contribution in [2.45, 2.75) is 72.3 Å². The average Bonchev–Trinajstić information content (AvgIpc) is 2.29. The first-order valence-electron chi connectivity index (χ1n) is 7.25. The summed E-state index contributed by atoms with van der Waals surface area (Å²) in [5.74, 6) is 0.379. The second-order valence-electron chi connectivity index (χ2n) is 6.94. The monoisotopic (exact) mass is 241 g/mol. The second kappa shape index (κ2) is 5.71. The molecule has 1 fully saturated rings. The molecule has 2 atom stereocenters. The van der Waals surface area contributed by atoms with Crippen LogP contribution in [0.5, 0.6) is 0 Å². The van der Waals surface area contributed by atoms with Gasteiger partial charge in [0, 0.05) is 12.0 Å². The van der Waals surface area contributed by atoms with Crippen LogP contribution in [0.25, 0.3) is 0 Å². The van der Waals surface area contributed by atoms with Crippen LogP contribution in [0.15, 0.2) is 0 Å². The minimum atomic E-state index is -0.219. The molecule has 0 spiro atoms. The number of hydrogen-bond acceptors (Lipinski definition) is 2. The molecule has 102 valence electrons. The van der Waals surface area contributed by atoms with E-state index in [0.29, 0.717) is 17.9 Å². The van der Waals surface area contributed by atoms with Crippen LogP contribution in [0.2, 0.25) is 0 Å². The lowest BCUT2D eigenvalue weighted by molar-refractivity contribution is -0.0522. The first-order valence-corrected chi connectivity index (χ1v) is 7.25. The lowest BCUT2D eigenvalue weighted by Gasteiger charge is -2.47. The van der Waals surface area contributed by atoms with Gasteiger partial charge in [0.25, 0.3) is 0 Å². The quantitative estimate of drug-likeness (QED) is 0.775. The standard InChI is InChI=1S/C15H31NO/c1-5-6-12(2)13(17)15(11-16)9-7-14(3,4)8-10-15/h12-13,17H,5-11,16H2,1-4H3. The van der Waals surface area contributed by atoms with Gasteiger partial charge in [-0.25, -0.2) is 0 Å². The Balaban J connectivity index is 2.69. The smallest absolute Gasteiger partial charge is 0.0633 e. The highest BCUT2D eigenvalue weighted by Gasteiger charge is 2.43. The van der Waals surface area contributed by atoms with Gasteiger partial charge in [0.15, 0.2) is 0 Å². The Morgan fingerprint density at radius 3 is 2.12 bits per heavy atom. The summed E-state index contributed by atoms with van der Waals surface area (Å²) in [7, 11) is 0. The molecule has 0 radical (unpaired) electrons. The zero-order chi connectivity index (χ0) is 13.1. The second-order valence-corrected chi connectivity index (χ2v) is 6.94. The van der Waals surface area contributed by atoms with Crippen molar-refractivity contribution in [3.63, 3.8) is 0 Å². The van der Waals surface area contributed by atoms with Gasteiger partial charge < -0.3 is 10.8 Å². The summed E-state index contributed by atoms with van der Waals surface area (Å²) < 4.78 is 0. The SMILES string of the molecule is CCCC(C)C(O)C1(CN)CCC(C)(C)CC1. The van der Waals surface area contributed by atoms with Crippen molar-refractivity contribution >= 4 is 0 Å². The molecule has 0 heterocycles. The van der Waals surface area contributed by atoms with Crippen LogP contribution in [-0.2, 0) is 0 Å². The summed E-state index contributed by atoms with van der Waals surface area (Å²) >= 11 is 0. The van der Waals surface area contributed by atoms with E-state index in [2.05, 4.69) is 27.7 Å². The molecule has 1 aliphatic carbocycles. The van der Waals surface area contributed by atoms with Crippen molar-refractivity contribution < 1.29 is 5.11 Å². The molecule has 0 bridgehead atoms. The summed E-state index contributed by atoms with van der Waals surface area (Å²) in [5.41, 5.74) is 6.43. The molecule has 0 aromatic heterocycles. The maximum Gasteiger partial charge on any atom is 0.0633 e. The van der Waals surface area contributed by atoms with Crippen molar-refractivity contribution in [1.29, 1.82) is 0 Å². The van der Waals surface area contributed by atoms with E-state index in [9.17, 15) is 5.11 Å². The van der Waals surface area contributed by atoms with Gasteiger partial charge in [0.2, 0.25) is 0 Å². The van der Waals surface area contributed by atoms with Crippen molar-refractivity contribution in [2.24, 2.45) is 22.5 Å². The Morgan fingerprint density at radius 1 is 1.18 bits per heavy atom. The molecule has 2 unspecified atom stereocenters. The van der Waals surface area contributed by atoms with E-state index in [-0.39, 0.29) is 11.5 Å². The minimum Gasteiger partial charge on any atom is -0.392 e. The normalized spacial score (nSPS) is 26.5. The van der Waals surface area contributed by atoms with Crippen LogP contribution in [0.3, 0.4) is 0 Å². The topological polar surface area (TPSA) is 46.2 Å². The molecule has 0 aromatic carbocycles. The Kier molecular flexibility index (Phi) is 5.03. The molecule has 0 aliphatic heterocycles. The summed E-state index contributed by atoms with van der Waals surface area (Å²) in [4.78, 5) is 0. The molecule has 17 heavy (non-hydrogen) atoms. The molecule has 0 saturated heterocycles. The lowest BCUT2D eigenvalue weighted by Crippen LogP contribution is -2.48. The van der Waals surface area contributed by atoms with E-state index in [1.165, 1.54) is 12.8 Å². The predicted octanol–water partition coefficient (Wildman–Crippen LogP) is 3.33. The number of rotatable bonds is 5. The fourth-order valence-corrected chi connectivity index (χ4v) is 3.26. The highest BCUT2D eigenvalue weighted by Crippen LogP contribution is 2.48. The van der Waals surface area contributed by atoms with Crippen LogP contribution >= 0.6 is 0 Å². The van der Waals surface area contributed by atoms with Gasteiger partial charge >= 0.3 is 0 Å². The van der Waals surface area contributed by atoms with Crippen LogP contribution in [0.1, 0.15) is 66.2 Å². The van der Waals surface area contributed by atoms with E-state index in [0.717, 1.165) is 25.7 Å². The zero-order valence-electron chi connectivity index (χ0n) is 12.1. The van der Waals surface area contributed by atoms with Crippen LogP contribution in [-0.4, -0.2) is 17.8 Å². The van der Waals surface area contributed by atoms with Gasteiger partial charge in [0.1, 0.15) is 0 Å². The highest BCUT2D eigenvalue weighted by atomic mass is 16.3. The molecule has 3 N–H and O–H groups in total. The average molecular weight is 241 g/mol. The molecule has 1 saturated carbocycles. The maximum atomic E-state index is 10.6. The first kappa shape index (κ1) is 15.0. The molecule has 1 rings (SSSR count). The highest BCUT2D eigenvalue weighted by molar-refractivity contribution is 4.95. The minimum absolute atomic E-state index is 0.00981. The Morgan fingerprint density at radius 2 is 1.71 bits per heavy atom. The van der Waals surface area contributed by atoms with E-state index >= 15 is 0 Å². The Bertz CT molecular complexity index is 227. The van der Waals surface area contributed by atoms with Crippen LogP contribution in [0, 0.1) is 16.7 Å². The van der Waals surface area contributed by atoms with E-state index in [4.69, 9.17) is 5.73 Å². The van der Waals surface area contributed by atoms with Crippen molar-refractivity contribution in [2.75, 3.05) is 6.54 Å². The van der Waals surface area contributed by atoms with E-state index in [1.54, 1.807) is 0 Å². The molecular formula is C15H31NO. The number of aliphatic hydroxyl groups is 1. The predicted molar refractivity (Wildman–Crippen MR) is 73.8 cm³/mol. The fourth-order valence-electron chi connectivity index (χ4n) is 3.26. The molecule has 1 aliphatic rings. The molecular weight excluding hydrogens is 210 g/mol. The third-order valence-electron chi connectivity index (χ3n) is 4.92. The van der Waals surface area contributed by atoms with Gasteiger partial charge in [-0.15, -0.1) is 0 Å². The zero-order valence-corrected chi connectivity index (χ0v) is 12.1. The van der Waals surface area contributed by atoms with Crippen LogP contribution in [0.4, 0.5) is 0 Å². The number of nitrogens with two attached hydrogens (primary N) is 1. The molecule has 2 heteroatoms.